The molecule has 0 fully saturated rings. The van der Waals surface area contributed by atoms with Crippen molar-refractivity contribution >= 4 is 52.4 Å². The Morgan fingerprint density at radius 1 is 1.00 bits per heavy atom. The molecule has 3 N–H and O–H groups in total. The van der Waals surface area contributed by atoms with Crippen LogP contribution in [0.5, 0.6) is 5.75 Å². The summed E-state index contributed by atoms with van der Waals surface area (Å²) in [5.74, 6) is 0.384. The van der Waals surface area contributed by atoms with Gasteiger partial charge in [0.05, 0.1) is 16.7 Å². The third kappa shape index (κ3) is 7.17. The minimum absolute atomic E-state index is 0.194. The molecule has 3 amide bonds. The number of carbonyl (C=O) groups excluding carboxylic acids is 2. The second-order valence-corrected chi connectivity index (χ2v) is 6.87. The lowest BCUT2D eigenvalue weighted by molar-refractivity contribution is -0.122. The molecule has 2 aromatic carbocycles. The number of hydrogen-bond donors (Lipinski definition) is 3. The summed E-state index contributed by atoms with van der Waals surface area (Å²) in [6.07, 6.45) is 0.684. The number of aryl methyl sites for hydroxylation is 1. The van der Waals surface area contributed by atoms with Gasteiger partial charge in [-0.2, -0.15) is 0 Å². The first-order chi connectivity index (χ1) is 12.8. The van der Waals surface area contributed by atoms with Gasteiger partial charge in [-0.25, -0.2) is 10.2 Å². The number of benzene rings is 2. The van der Waals surface area contributed by atoms with E-state index < -0.39 is 6.03 Å². The Balaban J connectivity index is 1.65. The zero-order chi connectivity index (χ0) is 19.8. The molecule has 0 heterocycles. The third-order valence-electron chi connectivity index (χ3n) is 3.44. The fourth-order valence-electron chi connectivity index (χ4n) is 2.11. The summed E-state index contributed by atoms with van der Waals surface area (Å²) in [5.41, 5.74) is 5.94. The number of hydrogen-bond acceptors (Lipinski definition) is 3. The van der Waals surface area contributed by atoms with Crippen LogP contribution in [0.4, 0.5) is 10.5 Å². The number of amides is 3. The molecule has 0 aliphatic heterocycles. The average molecular weight is 431 g/mol. The number of anilines is 1. The second-order valence-electron chi connectivity index (χ2n) is 5.62. The van der Waals surface area contributed by atoms with E-state index in [-0.39, 0.29) is 12.3 Å². The number of carbonyl (C=O) groups is 2. The van der Waals surface area contributed by atoms with Crippen molar-refractivity contribution in [1.82, 2.24) is 10.9 Å². The maximum absolute atomic E-state index is 11.8. The van der Waals surface area contributed by atoms with Crippen LogP contribution in [0.25, 0.3) is 0 Å². The van der Waals surface area contributed by atoms with Crippen LogP contribution in [0, 0.1) is 6.92 Å². The molecular formula is C18H18Cl3N3O3. The van der Waals surface area contributed by atoms with Crippen LogP contribution in [0.3, 0.4) is 0 Å². The average Bonchev–Trinajstić information content (AvgIpc) is 2.61. The molecule has 9 heteroatoms. The highest BCUT2D eigenvalue weighted by molar-refractivity contribution is 6.42. The highest BCUT2D eigenvalue weighted by Gasteiger charge is 2.07. The maximum atomic E-state index is 11.8. The van der Waals surface area contributed by atoms with E-state index in [1.54, 1.807) is 30.3 Å². The van der Waals surface area contributed by atoms with Crippen molar-refractivity contribution in [3.05, 3.63) is 57.0 Å². The summed E-state index contributed by atoms with van der Waals surface area (Å²) in [6, 6.07) is 9.38. The molecule has 0 radical (unpaired) electrons. The van der Waals surface area contributed by atoms with Crippen LogP contribution >= 0.6 is 34.8 Å². The van der Waals surface area contributed by atoms with Gasteiger partial charge in [0, 0.05) is 17.1 Å². The van der Waals surface area contributed by atoms with Crippen molar-refractivity contribution in [2.45, 2.75) is 19.8 Å². The van der Waals surface area contributed by atoms with E-state index in [0.717, 1.165) is 11.3 Å². The molecule has 2 rings (SSSR count). The van der Waals surface area contributed by atoms with Crippen LogP contribution < -0.4 is 20.9 Å². The van der Waals surface area contributed by atoms with E-state index in [1.807, 2.05) is 6.92 Å². The van der Waals surface area contributed by atoms with Gasteiger partial charge in [0.2, 0.25) is 5.91 Å². The third-order valence-corrected chi connectivity index (χ3v) is 4.41. The quantitative estimate of drug-likeness (QED) is 0.447. The molecule has 0 bridgehead atoms. The molecule has 6 nitrogen and oxygen atoms in total. The van der Waals surface area contributed by atoms with E-state index >= 15 is 0 Å². The summed E-state index contributed by atoms with van der Waals surface area (Å²) in [6.45, 7) is 2.26. The lowest BCUT2D eigenvalue weighted by atomic mass is 10.2. The summed E-state index contributed by atoms with van der Waals surface area (Å²) in [5, 5.41) is 3.86. The van der Waals surface area contributed by atoms with Gasteiger partial charge in [0.15, 0.2) is 0 Å². The van der Waals surface area contributed by atoms with Crippen molar-refractivity contribution < 1.29 is 14.3 Å². The molecule has 0 aromatic heterocycles. The Kier molecular flexibility index (Phi) is 8.03. The molecule has 0 saturated carbocycles. The number of nitrogens with one attached hydrogen (secondary N) is 3. The molecule has 0 aliphatic rings. The largest absolute Gasteiger partial charge is 0.493 e. The highest BCUT2D eigenvalue weighted by atomic mass is 35.5. The number of halogens is 3. The van der Waals surface area contributed by atoms with Gasteiger partial charge in [0.25, 0.3) is 0 Å². The number of rotatable bonds is 6. The van der Waals surface area contributed by atoms with E-state index in [1.165, 1.54) is 6.07 Å². The van der Waals surface area contributed by atoms with Gasteiger partial charge in [-0.1, -0.05) is 34.8 Å². The predicted molar refractivity (Wildman–Crippen MR) is 108 cm³/mol. The Bertz CT molecular complexity index is 831. The fraction of sp³-hybridized carbons (Fsp3) is 0.222. The van der Waals surface area contributed by atoms with Crippen LogP contribution in [0.2, 0.25) is 15.1 Å². The second kappa shape index (κ2) is 10.3. The van der Waals surface area contributed by atoms with E-state index in [9.17, 15) is 9.59 Å². The molecule has 2 aromatic rings. The highest BCUT2D eigenvalue weighted by Crippen LogP contribution is 2.25. The van der Waals surface area contributed by atoms with Gasteiger partial charge in [-0.15, -0.1) is 0 Å². The summed E-state index contributed by atoms with van der Waals surface area (Å²) >= 11 is 17.6. The Morgan fingerprint density at radius 2 is 1.78 bits per heavy atom. The molecule has 0 atom stereocenters. The summed E-state index contributed by atoms with van der Waals surface area (Å²) in [4.78, 5) is 23.5. The number of hydrazine groups is 1. The molecule has 144 valence electrons. The fourth-order valence-corrected chi connectivity index (χ4v) is 2.64. The molecular weight excluding hydrogens is 413 g/mol. The minimum atomic E-state index is -0.602. The Morgan fingerprint density at radius 3 is 2.48 bits per heavy atom. The monoisotopic (exact) mass is 429 g/mol. The lowest BCUT2D eigenvalue weighted by Crippen LogP contribution is -2.43. The lowest BCUT2D eigenvalue weighted by Gasteiger charge is -2.11. The standard InChI is InChI=1S/C18H18Cl3N3O3/c1-11-9-12(19)4-7-16(11)27-8-2-3-17(25)23-24-18(26)22-13-5-6-14(20)15(21)10-13/h4-7,9-10H,2-3,8H2,1H3,(H,23,25)(H2,22,24,26). The van der Waals surface area contributed by atoms with Gasteiger partial charge in [-0.05, 0) is 55.3 Å². The van der Waals surface area contributed by atoms with Crippen LogP contribution in [-0.2, 0) is 4.79 Å². The predicted octanol–water partition coefficient (Wildman–Crippen LogP) is 4.97. The van der Waals surface area contributed by atoms with Crippen molar-refractivity contribution in [1.29, 1.82) is 0 Å². The number of urea groups is 1. The normalized spacial score (nSPS) is 10.2. The van der Waals surface area contributed by atoms with Crippen LogP contribution in [-0.4, -0.2) is 18.5 Å². The zero-order valence-electron chi connectivity index (χ0n) is 14.4. The zero-order valence-corrected chi connectivity index (χ0v) is 16.7. The number of ether oxygens (including phenoxy) is 1. The first-order valence-corrected chi connectivity index (χ1v) is 9.18. The van der Waals surface area contributed by atoms with E-state index in [0.29, 0.717) is 33.8 Å². The van der Waals surface area contributed by atoms with Gasteiger partial charge in [-0.3, -0.25) is 10.2 Å². The topological polar surface area (TPSA) is 79.5 Å². The van der Waals surface area contributed by atoms with Crippen LogP contribution in [0.15, 0.2) is 36.4 Å². The van der Waals surface area contributed by atoms with Gasteiger partial charge >= 0.3 is 6.03 Å². The minimum Gasteiger partial charge on any atom is -0.493 e. The van der Waals surface area contributed by atoms with Crippen molar-refractivity contribution in [2.24, 2.45) is 0 Å². The molecule has 27 heavy (non-hydrogen) atoms. The first kappa shape index (κ1) is 21.2. The van der Waals surface area contributed by atoms with Gasteiger partial charge < -0.3 is 10.1 Å². The molecule has 0 spiro atoms. The smallest absolute Gasteiger partial charge is 0.337 e. The maximum Gasteiger partial charge on any atom is 0.337 e. The van der Waals surface area contributed by atoms with Crippen LogP contribution in [0.1, 0.15) is 18.4 Å². The molecule has 0 aliphatic carbocycles. The van der Waals surface area contributed by atoms with E-state index in [2.05, 4.69) is 16.2 Å². The Hall–Kier alpha value is -2.15. The van der Waals surface area contributed by atoms with Crippen molar-refractivity contribution in [3.8, 4) is 5.75 Å². The molecule has 0 saturated heterocycles. The summed E-state index contributed by atoms with van der Waals surface area (Å²) < 4.78 is 5.61. The first-order valence-electron chi connectivity index (χ1n) is 8.05. The molecule has 0 unspecified atom stereocenters. The summed E-state index contributed by atoms with van der Waals surface area (Å²) in [7, 11) is 0. The Labute approximate surface area is 172 Å². The van der Waals surface area contributed by atoms with Gasteiger partial charge in [0.1, 0.15) is 5.75 Å². The van der Waals surface area contributed by atoms with E-state index in [4.69, 9.17) is 39.5 Å². The van der Waals surface area contributed by atoms with Crippen molar-refractivity contribution in [2.75, 3.05) is 11.9 Å². The van der Waals surface area contributed by atoms with Crippen molar-refractivity contribution in [3.63, 3.8) is 0 Å². The SMILES string of the molecule is Cc1cc(Cl)ccc1OCCCC(=O)NNC(=O)Nc1ccc(Cl)c(Cl)c1.